The fourth-order valence-electron chi connectivity index (χ4n) is 3.10. The van der Waals surface area contributed by atoms with Crippen molar-refractivity contribution in [2.75, 3.05) is 32.7 Å². The Labute approximate surface area is 169 Å². The highest BCUT2D eigenvalue weighted by Gasteiger charge is 2.18. The second-order valence-corrected chi connectivity index (χ2v) is 7.37. The molecule has 0 aliphatic carbocycles. The molecule has 0 aromatic heterocycles. The minimum Gasteiger partial charge on any atom is -0.297 e. The van der Waals surface area contributed by atoms with Gasteiger partial charge in [-0.1, -0.05) is 47.5 Å². The number of nitrogens with zero attached hydrogens (tertiary/aromatic N) is 3. The first kappa shape index (κ1) is 20.5. The summed E-state index contributed by atoms with van der Waals surface area (Å²) < 4.78 is 13.7. The predicted molar refractivity (Wildman–Crippen MR) is 110 cm³/mol. The van der Waals surface area contributed by atoms with Crippen LogP contribution in [0.4, 0.5) is 4.39 Å². The summed E-state index contributed by atoms with van der Waals surface area (Å²) in [5, 5.41) is 4.07. The highest BCUT2D eigenvalue weighted by atomic mass is 35.5. The molecule has 1 aliphatic rings. The van der Waals surface area contributed by atoms with E-state index in [0.717, 1.165) is 32.7 Å². The average Bonchev–Trinajstić information content (AvgIpc) is 2.67. The fourth-order valence-corrected chi connectivity index (χ4v) is 3.31. The van der Waals surface area contributed by atoms with Gasteiger partial charge in [0.05, 0.1) is 17.8 Å². The zero-order chi connectivity index (χ0) is 19.9. The summed E-state index contributed by atoms with van der Waals surface area (Å²) in [6.07, 6.45) is 1.23. The first-order valence-corrected chi connectivity index (χ1v) is 9.65. The molecule has 0 bridgehead atoms. The smallest absolute Gasteiger partial charge is 0.254 e. The summed E-state index contributed by atoms with van der Waals surface area (Å²) >= 11 is 5.92. The van der Waals surface area contributed by atoms with Gasteiger partial charge in [-0.2, -0.15) is 5.10 Å². The molecule has 5 nitrogen and oxygen atoms in total. The Morgan fingerprint density at radius 2 is 1.82 bits per heavy atom. The molecule has 3 rings (SSSR count). The molecule has 7 heteroatoms. The molecule has 2 aromatic carbocycles. The van der Waals surface area contributed by atoms with Gasteiger partial charge in [0.2, 0.25) is 0 Å². The van der Waals surface area contributed by atoms with E-state index in [2.05, 4.69) is 51.5 Å². The van der Waals surface area contributed by atoms with E-state index in [1.54, 1.807) is 6.07 Å². The summed E-state index contributed by atoms with van der Waals surface area (Å²) in [6, 6.07) is 13.0. The van der Waals surface area contributed by atoms with Crippen molar-refractivity contribution >= 4 is 23.7 Å². The molecule has 1 aliphatic heterocycles. The number of carbonyl (C=O) groups is 1. The number of piperazine rings is 1. The van der Waals surface area contributed by atoms with Crippen molar-refractivity contribution in [1.29, 1.82) is 0 Å². The molecule has 0 atom stereocenters. The van der Waals surface area contributed by atoms with Crippen LogP contribution < -0.4 is 5.43 Å². The van der Waals surface area contributed by atoms with Crippen LogP contribution >= 0.6 is 11.6 Å². The summed E-state index contributed by atoms with van der Waals surface area (Å²) in [6.45, 7) is 6.74. The number of benzene rings is 2. The van der Waals surface area contributed by atoms with Gasteiger partial charge in [-0.25, -0.2) is 9.82 Å². The number of halogens is 2. The van der Waals surface area contributed by atoms with E-state index < -0.39 is 5.82 Å². The van der Waals surface area contributed by atoms with Crippen LogP contribution in [0.25, 0.3) is 0 Å². The zero-order valence-corrected chi connectivity index (χ0v) is 16.6. The van der Waals surface area contributed by atoms with Crippen molar-refractivity contribution in [3.63, 3.8) is 0 Å². The maximum Gasteiger partial charge on any atom is 0.254 e. The van der Waals surface area contributed by atoms with Gasteiger partial charge in [-0.05, 0) is 24.6 Å². The van der Waals surface area contributed by atoms with Crippen LogP contribution in [0.15, 0.2) is 47.6 Å². The molecule has 1 N–H and O–H groups in total. The number of aryl methyl sites for hydroxylation is 1. The van der Waals surface area contributed by atoms with Gasteiger partial charge in [0.15, 0.2) is 0 Å². The minimum atomic E-state index is -0.477. The Balaban J connectivity index is 1.41. The standard InChI is InChI=1S/C21H24ClFN4O/c1-16-5-7-17(8-6-16)14-26-9-11-27(12-10-26)15-21(28)25-24-13-18-19(22)3-2-4-20(18)23/h2-8,13H,9-12,14-15H2,1H3,(H,25,28)/b24-13+. The molecule has 1 saturated heterocycles. The number of hydrogen-bond donors (Lipinski definition) is 1. The van der Waals surface area contributed by atoms with E-state index in [-0.39, 0.29) is 23.0 Å². The Morgan fingerprint density at radius 1 is 1.14 bits per heavy atom. The lowest BCUT2D eigenvalue weighted by molar-refractivity contribution is -0.122. The molecular formula is C21H24ClFN4O. The first-order valence-electron chi connectivity index (χ1n) is 9.27. The Kier molecular flexibility index (Phi) is 7.14. The lowest BCUT2D eigenvalue weighted by Crippen LogP contribution is -2.48. The number of carbonyl (C=O) groups excluding carboxylic acids is 1. The van der Waals surface area contributed by atoms with E-state index >= 15 is 0 Å². The van der Waals surface area contributed by atoms with Gasteiger partial charge in [0.1, 0.15) is 5.82 Å². The fraction of sp³-hybridized carbons (Fsp3) is 0.333. The van der Waals surface area contributed by atoms with Crippen LogP contribution in [-0.2, 0) is 11.3 Å². The third-order valence-corrected chi connectivity index (χ3v) is 5.07. The van der Waals surface area contributed by atoms with Crippen LogP contribution in [0, 0.1) is 12.7 Å². The lowest BCUT2D eigenvalue weighted by atomic mass is 10.1. The normalized spacial score (nSPS) is 15.8. The van der Waals surface area contributed by atoms with Crippen LogP contribution in [-0.4, -0.2) is 54.6 Å². The first-order chi connectivity index (χ1) is 13.5. The summed E-state index contributed by atoms with van der Waals surface area (Å²) in [5.74, 6) is -0.703. The van der Waals surface area contributed by atoms with Crippen molar-refractivity contribution in [3.05, 3.63) is 70.0 Å². The quantitative estimate of drug-likeness (QED) is 0.596. The lowest BCUT2D eigenvalue weighted by Gasteiger charge is -2.34. The topological polar surface area (TPSA) is 47.9 Å². The largest absolute Gasteiger partial charge is 0.297 e. The highest BCUT2D eigenvalue weighted by Crippen LogP contribution is 2.16. The van der Waals surface area contributed by atoms with Crippen molar-refractivity contribution in [3.8, 4) is 0 Å². The van der Waals surface area contributed by atoms with E-state index in [1.807, 2.05) is 0 Å². The van der Waals surface area contributed by atoms with Gasteiger partial charge in [0.25, 0.3) is 5.91 Å². The molecule has 1 heterocycles. The molecule has 28 heavy (non-hydrogen) atoms. The van der Waals surface area contributed by atoms with E-state index in [9.17, 15) is 9.18 Å². The third kappa shape index (κ3) is 5.86. The van der Waals surface area contributed by atoms with Gasteiger partial charge in [-0.15, -0.1) is 0 Å². The number of amides is 1. The van der Waals surface area contributed by atoms with Crippen LogP contribution in [0.3, 0.4) is 0 Å². The van der Waals surface area contributed by atoms with Crippen LogP contribution in [0.2, 0.25) is 5.02 Å². The second kappa shape index (κ2) is 9.78. The van der Waals surface area contributed by atoms with Crippen molar-refractivity contribution in [2.45, 2.75) is 13.5 Å². The molecule has 0 radical (unpaired) electrons. The average molecular weight is 403 g/mol. The zero-order valence-electron chi connectivity index (χ0n) is 15.9. The molecule has 1 fully saturated rings. The Hall–Kier alpha value is -2.28. The molecule has 0 spiro atoms. The Bertz CT molecular complexity index is 813. The molecule has 0 saturated carbocycles. The number of nitrogens with one attached hydrogen (secondary N) is 1. The van der Waals surface area contributed by atoms with Gasteiger partial charge < -0.3 is 0 Å². The van der Waals surface area contributed by atoms with Crippen molar-refractivity contribution in [1.82, 2.24) is 15.2 Å². The maximum atomic E-state index is 13.7. The minimum absolute atomic E-state index is 0.161. The number of hydrogen-bond acceptors (Lipinski definition) is 4. The van der Waals surface area contributed by atoms with Gasteiger partial charge in [-0.3, -0.25) is 14.6 Å². The van der Waals surface area contributed by atoms with Crippen LogP contribution in [0.5, 0.6) is 0 Å². The molecular weight excluding hydrogens is 379 g/mol. The Morgan fingerprint density at radius 3 is 2.50 bits per heavy atom. The van der Waals surface area contributed by atoms with Gasteiger partial charge in [0, 0.05) is 38.3 Å². The number of hydrazone groups is 1. The molecule has 148 valence electrons. The maximum absolute atomic E-state index is 13.7. The summed E-state index contributed by atoms with van der Waals surface area (Å²) in [4.78, 5) is 16.5. The molecule has 1 amide bonds. The monoisotopic (exact) mass is 402 g/mol. The highest BCUT2D eigenvalue weighted by molar-refractivity contribution is 6.33. The van der Waals surface area contributed by atoms with Crippen LogP contribution in [0.1, 0.15) is 16.7 Å². The molecule has 2 aromatic rings. The molecule has 0 unspecified atom stereocenters. The third-order valence-electron chi connectivity index (χ3n) is 4.74. The summed E-state index contributed by atoms with van der Waals surface area (Å²) in [7, 11) is 0. The van der Waals surface area contributed by atoms with Gasteiger partial charge >= 0.3 is 0 Å². The SMILES string of the molecule is Cc1ccc(CN2CCN(CC(=O)N/N=C/c3c(F)cccc3Cl)CC2)cc1. The van der Waals surface area contributed by atoms with Crippen molar-refractivity contribution in [2.24, 2.45) is 5.10 Å². The number of rotatable bonds is 6. The van der Waals surface area contributed by atoms with Crippen molar-refractivity contribution < 1.29 is 9.18 Å². The van der Waals surface area contributed by atoms with E-state index in [4.69, 9.17) is 11.6 Å². The predicted octanol–water partition coefficient (Wildman–Crippen LogP) is 3.06. The van der Waals surface area contributed by atoms with E-state index in [0.29, 0.717) is 0 Å². The summed E-state index contributed by atoms with van der Waals surface area (Å²) in [5.41, 5.74) is 5.17. The van der Waals surface area contributed by atoms with E-state index in [1.165, 1.54) is 29.5 Å². The second-order valence-electron chi connectivity index (χ2n) is 6.97.